The molecule has 1 aliphatic rings. The smallest absolute Gasteiger partial charge is 0.155 e. The number of hydrogen-bond acceptors (Lipinski definition) is 5. The fourth-order valence-corrected chi connectivity index (χ4v) is 2.35. The summed E-state index contributed by atoms with van der Waals surface area (Å²) >= 11 is 0. The minimum Gasteiger partial charge on any atom is -0.379 e. The lowest BCUT2D eigenvalue weighted by atomic mass is 10.3. The van der Waals surface area contributed by atoms with Gasteiger partial charge in [0.15, 0.2) is 11.5 Å². The Bertz CT molecular complexity index is 547. The van der Waals surface area contributed by atoms with Gasteiger partial charge >= 0.3 is 0 Å². The fourth-order valence-electron chi connectivity index (χ4n) is 2.35. The third kappa shape index (κ3) is 2.75. The van der Waals surface area contributed by atoms with Crippen LogP contribution in [0.2, 0.25) is 0 Å². The van der Waals surface area contributed by atoms with Crippen LogP contribution in [0.4, 0.5) is 0 Å². The molecule has 0 saturated carbocycles. The number of nitrogens with zero attached hydrogens (tertiary/aromatic N) is 4. The molecule has 0 amide bonds. The Morgan fingerprint density at radius 3 is 2.89 bits per heavy atom. The standard InChI is InChI=1S/C13H19N5O/c14-10-11-2-1-3-13-15-12(16-18(11)13)4-5-17-6-8-19-9-7-17/h1-3H,4-10,14H2. The van der Waals surface area contributed by atoms with Crippen molar-refractivity contribution in [1.29, 1.82) is 0 Å². The van der Waals surface area contributed by atoms with Crippen molar-refractivity contribution in [2.45, 2.75) is 13.0 Å². The molecule has 0 spiro atoms. The first-order chi connectivity index (χ1) is 9.36. The van der Waals surface area contributed by atoms with Gasteiger partial charge < -0.3 is 10.5 Å². The van der Waals surface area contributed by atoms with Gasteiger partial charge in [-0.2, -0.15) is 5.10 Å². The van der Waals surface area contributed by atoms with Crippen LogP contribution in [0.5, 0.6) is 0 Å². The summed E-state index contributed by atoms with van der Waals surface area (Å²) in [6.45, 7) is 5.12. The number of rotatable bonds is 4. The molecule has 2 aromatic heterocycles. The summed E-state index contributed by atoms with van der Waals surface area (Å²) in [6.07, 6.45) is 0.867. The van der Waals surface area contributed by atoms with Crippen LogP contribution in [-0.2, 0) is 17.7 Å². The third-order valence-corrected chi connectivity index (χ3v) is 3.45. The lowest BCUT2D eigenvalue weighted by Crippen LogP contribution is -2.37. The lowest BCUT2D eigenvalue weighted by Gasteiger charge is -2.25. The van der Waals surface area contributed by atoms with E-state index in [-0.39, 0.29) is 0 Å². The molecule has 0 bridgehead atoms. The highest BCUT2D eigenvalue weighted by molar-refractivity contribution is 5.38. The zero-order valence-electron chi connectivity index (χ0n) is 11.0. The maximum atomic E-state index is 5.71. The first kappa shape index (κ1) is 12.5. The number of morpholine rings is 1. The van der Waals surface area contributed by atoms with Gasteiger partial charge in [0.2, 0.25) is 0 Å². The zero-order valence-corrected chi connectivity index (χ0v) is 11.0. The molecule has 2 N–H and O–H groups in total. The minimum absolute atomic E-state index is 0.476. The van der Waals surface area contributed by atoms with Gasteiger partial charge in [-0.3, -0.25) is 4.90 Å². The molecule has 102 valence electrons. The van der Waals surface area contributed by atoms with Crippen molar-refractivity contribution in [3.05, 3.63) is 29.7 Å². The molecular formula is C13H19N5O. The summed E-state index contributed by atoms with van der Waals surface area (Å²) in [6, 6.07) is 5.91. The molecule has 3 rings (SSSR count). The number of hydrogen-bond donors (Lipinski definition) is 1. The molecule has 3 heterocycles. The SMILES string of the molecule is NCc1cccc2nc(CCN3CCOCC3)nn12. The second kappa shape index (κ2) is 5.64. The quantitative estimate of drug-likeness (QED) is 0.843. The van der Waals surface area contributed by atoms with Crippen LogP contribution in [0.25, 0.3) is 5.65 Å². The second-order valence-corrected chi connectivity index (χ2v) is 4.72. The molecule has 2 aromatic rings. The topological polar surface area (TPSA) is 68.7 Å². The summed E-state index contributed by atoms with van der Waals surface area (Å²) in [5.74, 6) is 0.882. The molecule has 0 aliphatic carbocycles. The summed E-state index contributed by atoms with van der Waals surface area (Å²) in [4.78, 5) is 6.93. The molecule has 1 saturated heterocycles. The molecule has 0 unspecified atom stereocenters. The first-order valence-corrected chi connectivity index (χ1v) is 6.70. The van der Waals surface area contributed by atoms with Crippen LogP contribution < -0.4 is 5.73 Å². The van der Waals surface area contributed by atoms with Gasteiger partial charge in [-0.05, 0) is 12.1 Å². The van der Waals surface area contributed by atoms with E-state index in [0.717, 1.165) is 56.4 Å². The number of fused-ring (bicyclic) bond motifs is 1. The van der Waals surface area contributed by atoms with Crippen LogP contribution in [-0.4, -0.2) is 52.3 Å². The first-order valence-electron chi connectivity index (χ1n) is 6.70. The molecular weight excluding hydrogens is 242 g/mol. The van der Waals surface area contributed by atoms with E-state index in [1.54, 1.807) is 0 Å². The highest BCUT2D eigenvalue weighted by Crippen LogP contribution is 2.07. The van der Waals surface area contributed by atoms with E-state index in [0.29, 0.717) is 6.54 Å². The van der Waals surface area contributed by atoms with Crippen LogP contribution in [0, 0.1) is 0 Å². The molecule has 0 aromatic carbocycles. The van der Waals surface area contributed by atoms with Crippen molar-refractivity contribution < 1.29 is 4.74 Å². The van der Waals surface area contributed by atoms with E-state index in [9.17, 15) is 0 Å². The monoisotopic (exact) mass is 261 g/mol. The molecule has 0 radical (unpaired) electrons. The van der Waals surface area contributed by atoms with Crippen molar-refractivity contribution in [3.63, 3.8) is 0 Å². The van der Waals surface area contributed by atoms with Gasteiger partial charge in [-0.15, -0.1) is 0 Å². The van der Waals surface area contributed by atoms with Gasteiger partial charge in [-0.1, -0.05) is 6.07 Å². The fraction of sp³-hybridized carbons (Fsp3) is 0.538. The molecule has 1 fully saturated rings. The average Bonchev–Trinajstić information content (AvgIpc) is 2.89. The Labute approximate surface area is 112 Å². The van der Waals surface area contributed by atoms with E-state index >= 15 is 0 Å². The van der Waals surface area contributed by atoms with E-state index < -0.39 is 0 Å². The van der Waals surface area contributed by atoms with Crippen LogP contribution in [0.1, 0.15) is 11.5 Å². The Morgan fingerprint density at radius 2 is 2.11 bits per heavy atom. The van der Waals surface area contributed by atoms with Crippen molar-refractivity contribution in [2.24, 2.45) is 5.73 Å². The molecule has 6 heteroatoms. The summed E-state index contributed by atoms with van der Waals surface area (Å²) in [5, 5.41) is 4.54. The number of aromatic nitrogens is 3. The highest BCUT2D eigenvalue weighted by atomic mass is 16.5. The van der Waals surface area contributed by atoms with Crippen LogP contribution in [0.3, 0.4) is 0 Å². The predicted molar refractivity (Wildman–Crippen MR) is 71.8 cm³/mol. The van der Waals surface area contributed by atoms with Crippen LogP contribution >= 0.6 is 0 Å². The maximum absolute atomic E-state index is 5.71. The highest BCUT2D eigenvalue weighted by Gasteiger charge is 2.12. The summed E-state index contributed by atoms with van der Waals surface area (Å²) in [7, 11) is 0. The largest absolute Gasteiger partial charge is 0.379 e. The van der Waals surface area contributed by atoms with E-state index in [4.69, 9.17) is 10.5 Å². The maximum Gasteiger partial charge on any atom is 0.155 e. The number of ether oxygens (including phenoxy) is 1. The van der Waals surface area contributed by atoms with Crippen molar-refractivity contribution in [3.8, 4) is 0 Å². The van der Waals surface area contributed by atoms with E-state index in [2.05, 4.69) is 15.0 Å². The van der Waals surface area contributed by atoms with Gasteiger partial charge in [0.05, 0.1) is 18.9 Å². The third-order valence-electron chi connectivity index (χ3n) is 3.45. The molecule has 6 nitrogen and oxygen atoms in total. The van der Waals surface area contributed by atoms with Crippen molar-refractivity contribution in [1.82, 2.24) is 19.5 Å². The molecule has 0 atom stereocenters. The normalized spacial score (nSPS) is 17.1. The van der Waals surface area contributed by atoms with Gasteiger partial charge in [0, 0.05) is 32.6 Å². The predicted octanol–water partition coefficient (Wildman–Crippen LogP) is 0.0627. The zero-order chi connectivity index (χ0) is 13.1. The minimum atomic E-state index is 0.476. The second-order valence-electron chi connectivity index (χ2n) is 4.72. The Balaban J connectivity index is 1.70. The Morgan fingerprint density at radius 1 is 1.26 bits per heavy atom. The van der Waals surface area contributed by atoms with Crippen molar-refractivity contribution >= 4 is 5.65 Å². The summed E-state index contributed by atoms with van der Waals surface area (Å²) < 4.78 is 7.18. The molecule has 1 aliphatic heterocycles. The van der Waals surface area contributed by atoms with Crippen LogP contribution in [0.15, 0.2) is 18.2 Å². The molecule has 19 heavy (non-hydrogen) atoms. The number of pyridine rings is 1. The Kier molecular flexibility index (Phi) is 3.72. The van der Waals surface area contributed by atoms with Gasteiger partial charge in [0.25, 0.3) is 0 Å². The lowest BCUT2D eigenvalue weighted by molar-refractivity contribution is 0.0382. The van der Waals surface area contributed by atoms with E-state index in [1.807, 2.05) is 22.7 Å². The number of nitrogens with two attached hydrogens (primary N) is 1. The average molecular weight is 261 g/mol. The van der Waals surface area contributed by atoms with Crippen molar-refractivity contribution in [2.75, 3.05) is 32.8 Å². The summed E-state index contributed by atoms with van der Waals surface area (Å²) in [5.41, 5.74) is 7.57. The Hall–Kier alpha value is -1.50. The van der Waals surface area contributed by atoms with E-state index in [1.165, 1.54) is 0 Å². The van der Waals surface area contributed by atoms with Gasteiger partial charge in [-0.25, -0.2) is 9.50 Å². The van der Waals surface area contributed by atoms with Gasteiger partial charge in [0.1, 0.15) is 0 Å².